The van der Waals surface area contributed by atoms with E-state index in [9.17, 15) is 4.79 Å². The van der Waals surface area contributed by atoms with E-state index in [1.807, 2.05) is 39.0 Å². The molecule has 3 rings (SSSR count). The van der Waals surface area contributed by atoms with Crippen LogP contribution in [0, 0.1) is 13.8 Å². The third-order valence-electron chi connectivity index (χ3n) is 5.10. The Morgan fingerprint density at radius 2 is 2.04 bits per heavy atom. The van der Waals surface area contributed by atoms with Crippen LogP contribution in [-0.2, 0) is 4.79 Å². The maximum Gasteiger partial charge on any atom is 0.236 e. The average molecular weight is 374 g/mol. The van der Waals surface area contributed by atoms with E-state index in [-0.39, 0.29) is 11.2 Å². The Hall–Kier alpha value is -1.89. The van der Waals surface area contributed by atoms with Crippen LogP contribution in [0.15, 0.2) is 23.4 Å². The molecular weight excluding hydrogens is 346 g/mol. The first-order valence-corrected chi connectivity index (χ1v) is 10.2. The molecule has 0 bridgehead atoms. The Labute approximate surface area is 159 Å². The number of rotatable bonds is 5. The molecule has 7 heteroatoms. The number of para-hydroxylation sites is 1. The lowest BCUT2D eigenvalue weighted by Gasteiger charge is -2.36. The first-order valence-electron chi connectivity index (χ1n) is 9.35. The number of aromatic nitrogens is 4. The number of aryl methyl sites for hydroxylation is 2. The van der Waals surface area contributed by atoms with Crippen LogP contribution in [-0.4, -0.2) is 48.9 Å². The summed E-state index contributed by atoms with van der Waals surface area (Å²) in [6.45, 7) is 9.08. The number of nitrogens with zero attached hydrogens (tertiary/aromatic N) is 5. The predicted octanol–water partition coefficient (Wildman–Crippen LogP) is 3.55. The van der Waals surface area contributed by atoms with Crippen molar-refractivity contribution >= 4 is 17.7 Å². The molecule has 0 spiro atoms. The molecule has 1 amide bonds. The SMILES string of the molecule is CCC1CCCCN1C(=O)C(C)Sc1nnnn1-c1c(C)cccc1C. The van der Waals surface area contributed by atoms with Gasteiger partial charge in [0.15, 0.2) is 0 Å². The molecule has 2 aromatic rings. The van der Waals surface area contributed by atoms with Crippen molar-refractivity contribution in [2.45, 2.75) is 69.8 Å². The fraction of sp³-hybridized carbons (Fsp3) is 0.579. The molecular formula is C19H27N5OS. The van der Waals surface area contributed by atoms with Gasteiger partial charge in [-0.15, -0.1) is 5.10 Å². The van der Waals surface area contributed by atoms with E-state index in [4.69, 9.17) is 0 Å². The van der Waals surface area contributed by atoms with Gasteiger partial charge in [-0.25, -0.2) is 0 Å². The van der Waals surface area contributed by atoms with Crippen molar-refractivity contribution in [2.24, 2.45) is 0 Å². The minimum absolute atomic E-state index is 0.192. The van der Waals surface area contributed by atoms with Gasteiger partial charge in [0.05, 0.1) is 10.9 Å². The zero-order valence-electron chi connectivity index (χ0n) is 16.0. The molecule has 1 aliphatic rings. The summed E-state index contributed by atoms with van der Waals surface area (Å²) < 4.78 is 1.76. The molecule has 0 N–H and O–H groups in total. The molecule has 1 aromatic carbocycles. The number of thioether (sulfide) groups is 1. The van der Waals surface area contributed by atoms with Crippen LogP contribution >= 0.6 is 11.8 Å². The number of benzene rings is 1. The molecule has 26 heavy (non-hydrogen) atoms. The Balaban J connectivity index is 1.80. The number of carbonyl (C=O) groups excluding carboxylic acids is 1. The molecule has 1 fully saturated rings. The Bertz CT molecular complexity index is 755. The Morgan fingerprint density at radius 3 is 2.73 bits per heavy atom. The summed E-state index contributed by atoms with van der Waals surface area (Å²) in [6.07, 6.45) is 4.44. The van der Waals surface area contributed by atoms with Crippen LogP contribution in [0.3, 0.4) is 0 Å². The highest BCUT2D eigenvalue weighted by Crippen LogP contribution is 2.29. The average Bonchev–Trinajstić information content (AvgIpc) is 3.08. The van der Waals surface area contributed by atoms with E-state index in [0.29, 0.717) is 11.2 Å². The van der Waals surface area contributed by atoms with Crippen LogP contribution < -0.4 is 0 Å². The number of amides is 1. The van der Waals surface area contributed by atoms with Gasteiger partial charge in [-0.05, 0) is 68.0 Å². The van der Waals surface area contributed by atoms with Crippen molar-refractivity contribution in [2.75, 3.05) is 6.54 Å². The molecule has 1 aliphatic heterocycles. The summed E-state index contributed by atoms with van der Waals surface area (Å²) in [7, 11) is 0. The van der Waals surface area contributed by atoms with Crippen molar-refractivity contribution in [3.63, 3.8) is 0 Å². The molecule has 0 radical (unpaired) electrons. The Morgan fingerprint density at radius 1 is 1.31 bits per heavy atom. The van der Waals surface area contributed by atoms with E-state index >= 15 is 0 Å². The van der Waals surface area contributed by atoms with Crippen molar-refractivity contribution in [3.8, 4) is 5.69 Å². The molecule has 1 aromatic heterocycles. The second-order valence-corrected chi connectivity index (χ2v) is 8.27. The van der Waals surface area contributed by atoms with Crippen LogP contribution in [0.2, 0.25) is 0 Å². The quantitative estimate of drug-likeness (QED) is 0.750. The minimum Gasteiger partial charge on any atom is -0.339 e. The maximum absolute atomic E-state index is 13.0. The zero-order valence-corrected chi connectivity index (χ0v) is 16.8. The lowest BCUT2D eigenvalue weighted by molar-refractivity contribution is -0.134. The van der Waals surface area contributed by atoms with Crippen molar-refractivity contribution in [1.29, 1.82) is 0 Å². The highest BCUT2D eigenvalue weighted by molar-refractivity contribution is 8.00. The van der Waals surface area contributed by atoms with Gasteiger partial charge in [-0.1, -0.05) is 36.9 Å². The minimum atomic E-state index is -0.212. The summed E-state index contributed by atoms with van der Waals surface area (Å²) in [5, 5.41) is 12.7. The predicted molar refractivity (Wildman–Crippen MR) is 104 cm³/mol. The normalized spacial score (nSPS) is 18.8. The third kappa shape index (κ3) is 3.77. The van der Waals surface area contributed by atoms with Crippen LogP contribution in [0.1, 0.15) is 50.7 Å². The van der Waals surface area contributed by atoms with E-state index in [1.165, 1.54) is 18.2 Å². The van der Waals surface area contributed by atoms with Crippen LogP contribution in [0.4, 0.5) is 0 Å². The highest BCUT2D eigenvalue weighted by atomic mass is 32.2. The fourth-order valence-corrected chi connectivity index (χ4v) is 4.55. The number of likely N-dealkylation sites (tertiary alicyclic amines) is 1. The van der Waals surface area contributed by atoms with Gasteiger partial charge in [-0.3, -0.25) is 4.79 Å². The van der Waals surface area contributed by atoms with Gasteiger partial charge in [0.25, 0.3) is 0 Å². The number of hydrogen-bond donors (Lipinski definition) is 0. The smallest absolute Gasteiger partial charge is 0.236 e. The second-order valence-electron chi connectivity index (χ2n) is 6.96. The Kier molecular flexibility index (Phi) is 5.96. The first kappa shape index (κ1) is 18.9. The largest absolute Gasteiger partial charge is 0.339 e. The number of carbonyl (C=O) groups is 1. The lowest BCUT2D eigenvalue weighted by Crippen LogP contribution is -2.46. The van der Waals surface area contributed by atoms with Gasteiger partial charge >= 0.3 is 0 Å². The summed E-state index contributed by atoms with van der Waals surface area (Å²) >= 11 is 1.44. The number of tetrazole rings is 1. The lowest BCUT2D eigenvalue weighted by atomic mass is 10.00. The zero-order chi connectivity index (χ0) is 18.7. The number of piperidine rings is 1. The maximum atomic E-state index is 13.0. The highest BCUT2D eigenvalue weighted by Gasteiger charge is 2.30. The third-order valence-corrected chi connectivity index (χ3v) is 6.12. The standard InChI is InChI=1S/C19H27N5OS/c1-5-16-11-6-7-12-23(16)18(25)15(4)26-19-20-21-22-24(19)17-13(2)9-8-10-14(17)3/h8-10,15-16H,5-7,11-12H2,1-4H3. The van der Waals surface area contributed by atoms with Gasteiger partial charge in [-0.2, -0.15) is 4.68 Å². The van der Waals surface area contributed by atoms with Crippen LogP contribution in [0.5, 0.6) is 0 Å². The van der Waals surface area contributed by atoms with Crippen molar-refractivity contribution in [3.05, 3.63) is 29.3 Å². The molecule has 6 nitrogen and oxygen atoms in total. The molecule has 2 unspecified atom stereocenters. The van der Waals surface area contributed by atoms with E-state index in [2.05, 4.69) is 27.3 Å². The molecule has 2 atom stereocenters. The topological polar surface area (TPSA) is 63.9 Å². The van der Waals surface area contributed by atoms with Gasteiger partial charge in [0.2, 0.25) is 11.1 Å². The fourth-order valence-electron chi connectivity index (χ4n) is 3.69. The van der Waals surface area contributed by atoms with E-state index < -0.39 is 0 Å². The van der Waals surface area contributed by atoms with Crippen LogP contribution in [0.25, 0.3) is 5.69 Å². The molecule has 140 valence electrons. The van der Waals surface area contributed by atoms with Gasteiger partial charge in [0.1, 0.15) is 0 Å². The van der Waals surface area contributed by atoms with Crippen molar-refractivity contribution < 1.29 is 4.79 Å². The molecule has 0 saturated carbocycles. The molecule has 2 heterocycles. The van der Waals surface area contributed by atoms with E-state index in [0.717, 1.165) is 42.6 Å². The van der Waals surface area contributed by atoms with Gasteiger partial charge in [0, 0.05) is 12.6 Å². The summed E-state index contributed by atoms with van der Waals surface area (Å²) in [5.41, 5.74) is 3.21. The number of hydrogen-bond acceptors (Lipinski definition) is 5. The monoisotopic (exact) mass is 373 g/mol. The summed E-state index contributed by atoms with van der Waals surface area (Å²) in [4.78, 5) is 15.1. The van der Waals surface area contributed by atoms with E-state index in [1.54, 1.807) is 4.68 Å². The summed E-state index contributed by atoms with van der Waals surface area (Å²) in [5.74, 6) is 0.192. The van der Waals surface area contributed by atoms with Crippen molar-refractivity contribution in [1.82, 2.24) is 25.1 Å². The molecule has 0 aliphatic carbocycles. The second kappa shape index (κ2) is 8.20. The molecule has 1 saturated heterocycles. The first-order chi connectivity index (χ1) is 12.5. The van der Waals surface area contributed by atoms with Gasteiger partial charge < -0.3 is 4.90 Å². The summed E-state index contributed by atoms with van der Waals surface area (Å²) in [6, 6.07) is 6.49.